The van der Waals surface area contributed by atoms with E-state index in [4.69, 9.17) is 11.6 Å². The third-order valence-corrected chi connectivity index (χ3v) is 5.41. The van der Waals surface area contributed by atoms with E-state index in [1.807, 2.05) is 6.07 Å². The Morgan fingerprint density at radius 3 is 2.91 bits per heavy atom. The van der Waals surface area contributed by atoms with Crippen molar-refractivity contribution < 1.29 is 8.42 Å². The van der Waals surface area contributed by atoms with Crippen LogP contribution in [0.2, 0.25) is 5.02 Å². The summed E-state index contributed by atoms with van der Waals surface area (Å²) in [5.41, 5.74) is 3.04. The van der Waals surface area contributed by atoms with E-state index in [1.165, 1.54) is 6.20 Å². The Kier molecular flexibility index (Phi) is 4.08. The highest BCUT2D eigenvalue weighted by molar-refractivity contribution is 7.92. The lowest BCUT2D eigenvalue weighted by Crippen LogP contribution is -2.26. The molecule has 0 fully saturated rings. The monoisotopic (exact) mass is 337 g/mol. The molecule has 0 amide bonds. The molecule has 5 nitrogen and oxygen atoms in total. The molecule has 3 rings (SSSR count). The molecule has 1 aromatic carbocycles. The van der Waals surface area contributed by atoms with Crippen LogP contribution in [0.25, 0.3) is 0 Å². The van der Waals surface area contributed by atoms with Crippen molar-refractivity contribution in [3.8, 4) is 0 Å². The maximum Gasteiger partial charge on any atom is 0.279 e. The molecule has 0 atom stereocenters. The second kappa shape index (κ2) is 5.87. The third kappa shape index (κ3) is 2.82. The second-order valence-corrected chi connectivity index (χ2v) is 7.22. The lowest BCUT2D eigenvalue weighted by Gasteiger charge is -2.22. The Labute approximate surface area is 134 Å². The number of hydrogen-bond donors (Lipinski definition) is 2. The van der Waals surface area contributed by atoms with Crippen molar-refractivity contribution in [2.24, 2.45) is 0 Å². The van der Waals surface area contributed by atoms with Crippen LogP contribution in [0.4, 0.5) is 5.69 Å². The van der Waals surface area contributed by atoms with Crippen LogP contribution in [-0.4, -0.2) is 19.9 Å². The summed E-state index contributed by atoms with van der Waals surface area (Å²) in [5.74, 6) is 0. The average Bonchev–Trinajstić information content (AvgIpc) is 2.50. The van der Waals surface area contributed by atoms with Gasteiger partial charge in [-0.3, -0.25) is 4.72 Å². The van der Waals surface area contributed by atoms with Gasteiger partial charge in [-0.2, -0.15) is 8.42 Å². The SMILES string of the molecule is Cc1cccnc1S(=O)(=O)Nc1c(Cl)ccc2c1CNCC2. The number of pyridine rings is 1. The summed E-state index contributed by atoms with van der Waals surface area (Å²) in [6, 6.07) is 7.10. The van der Waals surface area contributed by atoms with Gasteiger partial charge in [-0.1, -0.05) is 23.7 Å². The van der Waals surface area contributed by atoms with Crippen molar-refractivity contribution in [2.75, 3.05) is 11.3 Å². The Bertz CT molecular complexity index is 822. The number of fused-ring (bicyclic) bond motifs is 1. The molecule has 0 saturated heterocycles. The zero-order chi connectivity index (χ0) is 15.7. The fourth-order valence-corrected chi connectivity index (χ4v) is 4.15. The Morgan fingerprint density at radius 1 is 1.32 bits per heavy atom. The number of aryl methyl sites for hydroxylation is 1. The van der Waals surface area contributed by atoms with Crippen LogP contribution >= 0.6 is 11.6 Å². The van der Waals surface area contributed by atoms with E-state index in [0.717, 1.165) is 24.1 Å². The number of rotatable bonds is 3. The molecule has 0 bridgehead atoms. The zero-order valence-electron chi connectivity index (χ0n) is 12.1. The quantitative estimate of drug-likeness (QED) is 0.902. The van der Waals surface area contributed by atoms with Gasteiger partial charge in [0.1, 0.15) is 0 Å². The van der Waals surface area contributed by atoms with E-state index in [9.17, 15) is 8.42 Å². The number of anilines is 1. The average molecular weight is 338 g/mol. The molecule has 0 spiro atoms. The Morgan fingerprint density at radius 2 is 2.14 bits per heavy atom. The van der Waals surface area contributed by atoms with Crippen molar-refractivity contribution in [1.29, 1.82) is 0 Å². The van der Waals surface area contributed by atoms with Crippen LogP contribution in [0.3, 0.4) is 0 Å². The van der Waals surface area contributed by atoms with Gasteiger partial charge in [-0.25, -0.2) is 4.98 Å². The van der Waals surface area contributed by atoms with Gasteiger partial charge < -0.3 is 5.32 Å². The first-order valence-electron chi connectivity index (χ1n) is 6.94. The highest BCUT2D eigenvalue weighted by atomic mass is 35.5. The first kappa shape index (κ1) is 15.3. The minimum Gasteiger partial charge on any atom is -0.312 e. The van der Waals surface area contributed by atoms with Crippen LogP contribution in [0.5, 0.6) is 0 Å². The predicted octanol–water partition coefficient (Wildman–Crippen LogP) is 2.49. The molecule has 7 heteroatoms. The normalized spacial score (nSPS) is 14.5. The standard InChI is InChI=1S/C15H16ClN3O2S/c1-10-3-2-7-18-15(10)22(20,21)19-14-12-9-17-8-6-11(12)4-5-13(14)16/h2-5,7,17,19H,6,8-9H2,1H3. The molecular formula is C15H16ClN3O2S. The lowest BCUT2D eigenvalue weighted by atomic mass is 9.99. The van der Waals surface area contributed by atoms with Crippen molar-refractivity contribution >= 4 is 27.3 Å². The van der Waals surface area contributed by atoms with E-state index in [-0.39, 0.29) is 5.03 Å². The number of halogens is 1. The summed E-state index contributed by atoms with van der Waals surface area (Å²) in [6.07, 6.45) is 2.31. The van der Waals surface area contributed by atoms with Gasteiger partial charge in [-0.05, 0) is 48.7 Å². The van der Waals surface area contributed by atoms with Crippen LogP contribution in [0, 0.1) is 6.92 Å². The van der Waals surface area contributed by atoms with Gasteiger partial charge >= 0.3 is 0 Å². The third-order valence-electron chi connectivity index (χ3n) is 3.68. The molecule has 2 aromatic rings. The largest absolute Gasteiger partial charge is 0.312 e. The Balaban J connectivity index is 2.05. The second-order valence-electron chi connectivity index (χ2n) is 5.22. The van der Waals surface area contributed by atoms with E-state index in [1.54, 1.807) is 25.1 Å². The Hall–Kier alpha value is -1.63. The van der Waals surface area contributed by atoms with Crippen molar-refractivity contribution in [3.05, 3.63) is 52.2 Å². The number of benzene rings is 1. The zero-order valence-corrected chi connectivity index (χ0v) is 13.6. The van der Waals surface area contributed by atoms with Gasteiger partial charge in [0.25, 0.3) is 10.0 Å². The van der Waals surface area contributed by atoms with E-state index >= 15 is 0 Å². The van der Waals surface area contributed by atoms with Crippen molar-refractivity contribution in [3.63, 3.8) is 0 Å². The highest BCUT2D eigenvalue weighted by Gasteiger charge is 2.23. The molecule has 1 aliphatic rings. The van der Waals surface area contributed by atoms with Gasteiger partial charge in [0, 0.05) is 12.7 Å². The summed E-state index contributed by atoms with van der Waals surface area (Å²) in [6.45, 7) is 3.18. The molecule has 2 N–H and O–H groups in total. The molecule has 0 unspecified atom stereocenters. The van der Waals surface area contributed by atoms with Gasteiger partial charge in [-0.15, -0.1) is 0 Å². The molecule has 2 heterocycles. The van der Waals surface area contributed by atoms with Crippen LogP contribution in [0.15, 0.2) is 35.5 Å². The molecule has 0 saturated carbocycles. The molecule has 1 aromatic heterocycles. The minimum absolute atomic E-state index is 0.0208. The van der Waals surface area contributed by atoms with Gasteiger partial charge in [0.2, 0.25) is 0 Å². The smallest absolute Gasteiger partial charge is 0.279 e. The van der Waals surface area contributed by atoms with E-state index in [0.29, 0.717) is 22.8 Å². The fourth-order valence-electron chi connectivity index (χ4n) is 2.58. The summed E-state index contributed by atoms with van der Waals surface area (Å²) >= 11 is 6.22. The van der Waals surface area contributed by atoms with Gasteiger partial charge in [0.05, 0.1) is 10.7 Å². The maximum atomic E-state index is 12.6. The first-order valence-corrected chi connectivity index (χ1v) is 8.80. The number of aromatic nitrogens is 1. The summed E-state index contributed by atoms with van der Waals surface area (Å²) in [4.78, 5) is 3.98. The van der Waals surface area contributed by atoms with Crippen LogP contribution in [-0.2, 0) is 23.0 Å². The van der Waals surface area contributed by atoms with E-state index < -0.39 is 10.0 Å². The van der Waals surface area contributed by atoms with Gasteiger partial charge in [0.15, 0.2) is 5.03 Å². The fraction of sp³-hybridized carbons (Fsp3) is 0.267. The summed E-state index contributed by atoms with van der Waals surface area (Å²) in [7, 11) is -3.77. The first-order chi connectivity index (χ1) is 10.5. The number of hydrogen-bond acceptors (Lipinski definition) is 4. The highest BCUT2D eigenvalue weighted by Crippen LogP contribution is 2.32. The molecule has 1 aliphatic heterocycles. The molecular weight excluding hydrogens is 322 g/mol. The molecule has 116 valence electrons. The van der Waals surface area contributed by atoms with Crippen LogP contribution < -0.4 is 10.0 Å². The summed E-state index contributed by atoms with van der Waals surface area (Å²) in [5, 5.41) is 3.65. The predicted molar refractivity (Wildman–Crippen MR) is 86.6 cm³/mol. The lowest BCUT2D eigenvalue weighted by molar-refractivity contribution is 0.596. The maximum absolute atomic E-state index is 12.6. The molecule has 0 radical (unpaired) electrons. The topological polar surface area (TPSA) is 71.1 Å². The minimum atomic E-state index is -3.77. The van der Waals surface area contributed by atoms with E-state index in [2.05, 4.69) is 15.0 Å². The van der Waals surface area contributed by atoms with Crippen LogP contribution in [0.1, 0.15) is 16.7 Å². The number of nitrogens with zero attached hydrogens (tertiary/aromatic N) is 1. The summed E-state index contributed by atoms with van der Waals surface area (Å²) < 4.78 is 27.8. The number of sulfonamides is 1. The molecule has 0 aliphatic carbocycles. The van der Waals surface area contributed by atoms with Crippen molar-refractivity contribution in [2.45, 2.75) is 24.9 Å². The van der Waals surface area contributed by atoms with Crippen molar-refractivity contribution in [1.82, 2.24) is 10.3 Å². The molecule has 22 heavy (non-hydrogen) atoms. The number of nitrogens with one attached hydrogen (secondary N) is 2.